The van der Waals surface area contributed by atoms with Crippen LogP contribution in [0.3, 0.4) is 0 Å². The number of benzene rings is 2. The smallest absolute Gasteiger partial charge is 0.244 e. The zero-order valence-corrected chi connectivity index (χ0v) is 15.8. The molecule has 2 heterocycles. The van der Waals surface area contributed by atoms with Crippen LogP contribution < -0.4 is 0 Å². The first-order valence-electron chi connectivity index (χ1n) is 8.92. The lowest BCUT2D eigenvalue weighted by atomic mass is 9.95. The van der Waals surface area contributed by atoms with Crippen LogP contribution in [0.2, 0.25) is 0 Å². The average Bonchev–Trinajstić information content (AvgIpc) is 2.71. The molecule has 0 aliphatic carbocycles. The largest absolute Gasteiger partial charge is 0.508 e. The number of fused-ring (bicyclic) bond motifs is 1. The summed E-state index contributed by atoms with van der Waals surface area (Å²) in [5.41, 5.74) is 2.04. The zero-order chi connectivity index (χ0) is 19.7. The molecule has 0 saturated heterocycles. The Labute approximate surface area is 163 Å². The van der Waals surface area contributed by atoms with Crippen molar-refractivity contribution < 1.29 is 18.6 Å². The fourth-order valence-corrected chi connectivity index (χ4v) is 5.44. The number of pyridine rings is 1. The lowest BCUT2D eigenvalue weighted by Gasteiger charge is -2.39. The maximum Gasteiger partial charge on any atom is 0.244 e. The van der Waals surface area contributed by atoms with Gasteiger partial charge in [-0.1, -0.05) is 30.3 Å². The van der Waals surface area contributed by atoms with E-state index < -0.39 is 22.2 Å². The van der Waals surface area contributed by atoms with E-state index in [4.69, 9.17) is 0 Å². The summed E-state index contributed by atoms with van der Waals surface area (Å²) in [7, 11) is -3.79. The summed E-state index contributed by atoms with van der Waals surface area (Å²) in [5, 5.41) is 20.6. The summed E-state index contributed by atoms with van der Waals surface area (Å²) in [6.07, 6.45) is 2.59. The first-order chi connectivity index (χ1) is 13.5. The molecule has 28 heavy (non-hydrogen) atoms. The number of sulfonamides is 1. The van der Waals surface area contributed by atoms with Gasteiger partial charge >= 0.3 is 0 Å². The Morgan fingerprint density at radius 3 is 2.32 bits per heavy atom. The number of hydrogen-bond donors (Lipinski definition) is 2. The predicted molar refractivity (Wildman–Crippen MR) is 104 cm³/mol. The molecule has 2 N–H and O–H groups in total. The van der Waals surface area contributed by atoms with Crippen molar-refractivity contribution in [3.63, 3.8) is 0 Å². The lowest BCUT2D eigenvalue weighted by molar-refractivity contribution is 0.0769. The highest BCUT2D eigenvalue weighted by molar-refractivity contribution is 7.89. The molecule has 1 aromatic heterocycles. The molecule has 0 unspecified atom stereocenters. The summed E-state index contributed by atoms with van der Waals surface area (Å²) >= 11 is 0. The Kier molecular flexibility index (Phi) is 4.89. The van der Waals surface area contributed by atoms with E-state index in [1.165, 1.54) is 10.4 Å². The van der Waals surface area contributed by atoms with Crippen LogP contribution in [0.1, 0.15) is 22.8 Å². The van der Waals surface area contributed by atoms with Crippen molar-refractivity contribution >= 4 is 10.0 Å². The van der Waals surface area contributed by atoms with Crippen LogP contribution in [0.25, 0.3) is 0 Å². The minimum atomic E-state index is -3.79. The fraction of sp³-hybridized carbons (Fsp3) is 0.190. The number of phenolic OH excluding ortho intramolecular Hbond substituents is 1. The van der Waals surface area contributed by atoms with Crippen molar-refractivity contribution in [2.45, 2.75) is 30.0 Å². The van der Waals surface area contributed by atoms with Gasteiger partial charge in [0.05, 0.1) is 17.0 Å². The van der Waals surface area contributed by atoms with E-state index in [-0.39, 0.29) is 17.2 Å². The number of nitrogens with zero attached hydrogens (tertiary/aromatic N) is 2. The molecule has 0 radical (unpaired) electrons. The molecule has 2 atom stereocenters. The van der Waals surface area contributed by atoms with Gasteiger partial charge in [0.15, 0.2) is 0 Å². The molecule has 6 nitrogen and oxygen atoms in total. The first-order valence-corrected chi connectivity index (χ1v) is 10.4. The second-order valence-electron chi connectivity index (χ2n) is 6.83. The molecule has 1 aliphatic heterocycles. The van der Waals surface area contributed by atoms with Gasteiger partial charge in [0.25, 0.3) is 0 Å². The normalized spacial score (nSPS) is 21.2. The lowest BCUT2D eigenvalue weighted by Crippen LogP contribution is -2.48. The second kappa shape index (κ2) is 7.35. The number of aromatic hydroxyl groups is 1. The Balaban J connectivity index is 1.78. The fourth-order valence-electron chi connectivity index (χ4n) is 3.59. The minimum Gasteiger partial charge on any atom is -0.508 e. The predicted octanol–water partition coefficient (Wildman–Crippen LogP) is 2.64. The molecule has 7 heteroatoms. The van der Waals surface area contributed by atoms with Crippen molar-refractivity contribution in [2.24, 2.45) is 0 Å². The second-order valence-corrected chi connectivity index (χ2v) is 8.69. The van der Waals surface area contributed by atoms with Gasteiger partial charge in [-0.2, -0.15) is 4.31 Å². The molecule has 0 saturated carbocycles. The van der Waals surface area contributed by atoms with Gasteiger partial charge in [0, 0.05) is 24.5 Å². The quantitative estimate of drug-likeness (QED) is 0.708. The van der Waals surface area contributed by atoms with Crippen molar-refractivity contribution in [2.75, 3.05) is 0 Å². The van der Waals surface area contributed by atoms with Gasteiger partial charge in [-0.3, -0.25) is 4.98 Å². The van der Waals surface area contributed by atoms with E-state index in [1.807, 2.05) is 0 Å². The van der Waals surface area contributed by atoms with Crippen LogP contribution in [-0.2, 0) is 23.0 Å². The van der Waals surface area contributed by atoms with Gasteiger partial charge in [-0.25, -0.2) is 8.42 Å². The van der Waals surface area contributed by atoms with Crippen LogP contribution >= 0.6 is 0 Å². The maximum atomic E-state index is 13.4. The van der Waals surface area contributed by atoms with Crippen LogP contribution in [0, 0.1) is 0 Å². The Morgan fingerprint density at radius 1 is 0.929 bits per heavy atom. The SMILES string of the molecule is O=S1(=O)c2ccccc2[C@H](O)[C@H](Cc2ccc(O)cc2)N1Cc1ccncc1. The van der Waals surface area contributed by atoms with Crippen molar-refractivity contribution in [1.82, 2.24) is 9.29 Å². The number of phenols is 1. The summed E-state index contributed by atoms with van der Waals surface area (Å²) in [4.78, 5) is 4.12. The number of aliphatic hydroxyl groups excluding tert-OH is 1. The van der Waals surface area contributed by atoms with Crippen LogP contribution in [0.15, 0.2) is 78.0 Å². The molecular weight excluding hydrogens is 376 g/mol. The number of rotatable bonds is 4. The number of aliphatic hydroxyl groups is 1. The summed E-state index contributed by atoms with van der Waals surface area (Å²) in [6, 6.07) is 16.0. The van der Waals surface area contributed by atoms with E-state index >= 15 is 0 Å². The molecular formula is C21H20N2O4S. The highest BCUT2D eigenvalue weighted by atomic mass is 32.2. The van der Waals surface area contributed by atoms with Crippen molar-refractivity contribution in [1.29, 1.82) is 0 Å². The molecule has 3 aromatic rings. The van der Waals surface area contributed by atoms with Crippen LogP contribution in [0.4, 0.5) is 0 Å². The van der Waals surface area contributed by atoms with E-state index in [0.717, 1.165) is 11.1 Å². The summed E-state index contributed by atoms with van der Waals surface area (Å²) in [5.74, 6) is 0.138. The molecule has 2 aromatic carbocycles. The zero-order valence-electron chi connectivity index (χ0n) is 15.0. The summed E-state index contributed by atoms with van der Waals surface area (Å²) in [6.45, 7) is 0.138. The van der Waals surface area contributed by atoms with Crippen molar-refractivity contribution in [3.8, 4) is 5.75 Å². The molecule has 0 fully saturated rings. The van der Waals surface area contributed by atoms with Crippen LogP contribution in [0.5, 0.6) is 5.75 Å². The third-order valence-electron chi connectivity index (χ3n) is 5.03. The summed E-state index contributed by atoms with van der Waals surface area (Å²) < 4.78 is 28.1. The Hall–Kier alpha value is -2.74. The third-order valence-corrected chi connectivity index (χ3v) is 6.97. The average molecular weight is 396 g/mol. The maximum absolute atomic E-state index is 13.4. The highest BCUT2D eigenvalue weighted by Crippen LogP contribution is 2.39. The molecule has 4 rings (SSSR count). The number of aromatic nitrogens is 1. The number of hydrogen-bond acceptors (Lipinski definition) is 5. The van der Waals surface area contributed by atoms with Gasteiger partial charge in [-0.15, -0.1) is 0 Å². The topological polar surface area (TPSA) is 90.7 Å². The van der Waals surface area contributed by atoms with Gasteiger partial charge in [0.1, 0.15) is 5.75 Å². The Bertz CT molecular complexity index is 1070. The van der Waals surface area contributed by atoms with Crippen molar-refractivity contribution in [3.05, 3.63) is 89.7 Å². The van der Waals surface area contributed by atoms with Gasteiger partial charge < -0.3 is 10.2 Å². The van der Waals surface area contributed by atoms with Gasteiger partial charge in [-0.05, 0) is 47.9 Å². The Morgan fingerprint density at radius 2 is 1.61 bits per heavy atom. The molecule has 144 valence electrons. The monoisotopic (exact) mass is 396 g/mol. The molecule has 1 aliphatic rings. The molecule has 0 amide bonds. The first kappa shape index (κ1) is 18.6. The van der Waals surface area contributed by atoms with E-state index in [0.29, 0.717) is 12.0 Å². The molecule has 0 spiro atoms. The van der Waals surface area contributed by atoms with Crippen LogP contribution in [-0.4, -0.2) is 34.0 Å². The van der Waals surface area contributed by atoms with E-state index in [1.54, 1.807) is 67.0 Å². The van der Waals surface area contributed by atoms with E-state index in [9.17, 15) is 18.6 Å². The van der Waals surface area contributed by atoms with Gasteiger partial charge in [0.2, 0.25) is 10.0 Å². The third kappa shape index (κ3) is 3.40. The standard InChI is InChI=1S/C21H20N2O4S/c24-17-7-5-15(6-8-17)13-19-21(25)18-3-1-2-4-20(18)28(26,27)23(19)14-16-9-11-22-12-10-16/h1-12,19,21,24-25H,13-14H2/t19-,21-/m0/s1. The van der Waals surface area contributed by atoms with E-state index in [2.05, 4.69) is 4.98 Å². The minimum absolute atomic E-state index is 0.138. The highest BCUT2D eigenvalue weighted by Gasteiger charge is 2.43. The molecule has 0 bridgehead atoms.